The zero-order valence-electron chi connectivity index (χ0n) is 12.7. The lowest BCUT2D eigenvalue weighted by atomic mass is 9.84. The smallest absolute Gasteiger partial charge is 0.119 e. The van der Waals surface area contributed by atoms with Crippen molar-refractivity contribution < 1.29 is 4.74 Å². The molecule has 1 aliphatic carbocycles. The molecule has 0 heterocycles. The summed E-state index contributed by atoms with van der Waals surface area (Å²) in [6.45, 7) is 10.8. The Labute approximate surface area is 117 Å². The minimum Gasteiger partial charge on any atom is -0.493 e. The monoisotopic (exact) mass is 261 g/mol. The van der Waals surface area contributed by atoms with Gasteiger partial charge in [0.15, 0.2) is 0 Å². The largest absolute Gasteiger partial charge is 0.493 e. The maximum absolute atomic E-state index is 5.73. The van der Waals surface area contributed by atoms with Gasteiger partial charge in [0.05, 0.1) is 6.61 Å². The van der Waals surface area contributed by atoms with Crippen molar-refractivity contribution in [2.24, 2.45) is 5.92 Å². The van der Waals surface area contributed by atoms with E-state index in [4.69, 9.17) is 4.74 Å². The van der Waals surface area contributed by atoms with Crippen molar-refractivity contribution >= 4 is 0 Å². The fourth-order valence-corrected chi connectivity index (χ4v) is 2.05. The van der Waals surface area contributed by atoms with Gasteiger partial charge >= 0.3 is 0 Å². The van der Waals surface area contributed by atoms with E-state index in [0.29, 0.717) is 5.92 Å². The number of benzene rings is 1. The third-order valence-electron chi connectivity index (χ3n) is 3.63. The molecule has 0 saturated heterocycles. The molecule has 1 fully saturated rings. The van der Waals surface area contributed by atoms with Crippen LogP contribution in [0.25, 0.3) is 0 Å². The summed E-state index contributed by atoms with van der Waals surface area (Å²) in [6, 6.07) is 9.36. The Bertz CT molecular complexity index is 390. The predicted molar refractivity (Wildman–Crippen MR) is 80.8 cm³/mol. The highest BCUT2D eigenvalue weighted by molar-refractivity contribution is 5.32. The van der Waals surface area contributed by atoms with Gasteiger partial charge < -0.3 is 10.1 Å². The van der Waals surface area contributed by atoms with Gasteiger partial charge in [0.1, 0.15) is 5.75 Å². The average molecular weight is 261 g/mol. The average Bonchev–Trinajstić information content (AvgIpc) is 3.18. The van der Waals surface area contributed by atoms with E-state index < -0.39 is 0 Å². The molecule has 0 bridgehead atoms. The first kappa shape index (κ1) is 14.4. The van der Waals surface area contributed by atoms with Gasteiger partial charge in [0, 0.05) is 18.0 Å². The van der Waals surface area contributed by atoms with Crippen LogP contribution in [0.4, 0.5) is 0 Å². The van der Waals surface area contributed by atoms with Crippen LogP contribution < -0.4 is 10.1 Å². The molecular weight excluding hydrogens is 234 g/mol. The summed E-state index contributed by atoms with van der Waals surface area (Å²) in [6.07, 6.45) is 2.69. The molecule has 1 saturated carbocycles. The van der Waals surface area contributed by atoms with Gasteiger partial charge in [-0.25, -0.2) is 0 Å². The van der Waals surface area contributed by atoms with Crippen molar-refractivity contribution in [1.29, 1.82) is 0 Å². The summed E-state index contributed by atoms with van der Waals surface area (Å²) in [5, 5.41) is 3.62. The number of rotatable bonds is 7. The summed E-state index contributed by atoms with van der Waals surface area (Å²) in [4.78, 5) is 0. The molecule has 0 amide bonds. The van der Waals surface area contributed by atoms with E-state index in [1.807, 2.05) is 0 Å². The van der Waals surface area contributed by atoms with Gasteiger partial charge in [0.25, 0.3) is 0 Å². The second kappa shape index (κ2) is 5.96. The Morgan fingerprint density at radius 3 is 2.37 bits per heavy atom. The predicted octanol–water partition coefficient (Wildman–Crippen LogP) is 3.75. The molecule has 1 aromatic carbocycles. The molecule has 1 N–H and O–H groups in total. The lowest BCUT2D eigenvalue weighted by Gasteiger charge is -2.26. The molecule has 19 heavy (non-hydrogen) atoms. The Morgan fingerprint density at radius 1 is 1.21 bits per heavy atom. The molecule has 0 atom stereocenters. The minimum absolute atomic E-state index is 0.180. The van der Waals surface area contributed by atoms with E-state index in [1.165, 1.54) is 18.4 Å². The summed E-state index contributed by atoms with van der Waals surface area (Å²) in [7, 11) is 0. The topological polar surface area (TPSA) is 21.3 Å². The standard InChI is InChI=1S/C17H27NO/c1-13(2)11-19-16-9-5-14(6-10-16)17(3,4)12-18-15-7-8-15/h5-6,9-10,13,15,18H,7-8,11-12H2,1-4H3. The van der Waals surface area contributed by atoms with Crippen LogP contribution in [0, 0.1) is 5.92 Å². The molecule has 0 spiro atoms. The molecule has 106 valence electrons. The van der Waals surface area contributed by atoms with Gasteiger partial charge in [-0.2, -0.15) is 0 Å². The Balaban J connectivity index is 1.91. The summed E-state index contributed by atoms with van der Waals surface area (Å²) in [5.41, 5.74) is 1.55. The molecule has 0 aromatic heterocycles. The first-order valence-corrected chi connectivity index (χ1v) is 7.44. The normalized spacial score (nSPS) is 15.8. The Hall–Kier alpha value is -1.02. The fraction of sp³-hybridized carbons (Fsp3) is 0.647. The quantitative estimate of drug-likeness (QED) is 0.807. The van der Waals surface area contributed by atoms with Crippen LogP contribution in [0.5, 0.6) is 5.75 Å². The third kappa shape index (κ3) is 4.54. The maximum atomic E-state index is 5.73. The van der Waals surface area contributed by atoms with Crippen LogP contribution in [0.1, 0.15) is 46.1 Å². The maximum Gasteiger partial charge on any atom is 0.119 e. The Morgan fingerprint density at radius 2 is 1.84 bits per heavy atom. The molecule has 1 aliphatic rings. The van der Waals surface area contributed by atoms with Crippen LogP contribution in [0.3, 0.4) is 0 Å². The molecule has 2 nitrogen and oxygen atoms in total. The highest BCUT2D eigenvalue weighted by Gasteiger charge is 2.26. The number of ether oxygens (including phenoxy) is 1. The van der Waals surface area contributed by atoms with Crippen molar-refractivity contribution in [1.82, 2.24) is 5.32 Å². The summed E-state index contributed by atoms with van der Waals surface area (Å²) >= 11 is 0. The van der Waals surface area contributed by atoms with Crippen molar-refractivity contribution in [3.8, 4) is 5.75 Å². The highest BCUT2D eigenvalue weighted by atomic mass is 16.5. The molecule has 2 rings (SSSR count). The van der Waals surface area contributed by atoms with Crippen molar-refractivity contribution in [2.45, 2.75) is 52.0 Å². The van der Waals surface area contributed by atoms with Gasteiger partial charge in [-0.05, 0) is 36.5 Å². The van der Waals surface area contributed by atoms with Gasteiger partial charge in [-0.15, -0.1) is 0 Å². The van der Waals surface area contributed by atoms with Crippen molar-refractivity contribution in [2.75, 3.05) is 13.2 Å². The molecule has 2 heteroatoms. The van der Waals surface area contributed by atoms with E-state index in [0.717, 1.165) is 24.9 Å². The zero-order valence-corrected chi connectivity index (χ0v) is 12.7. The van der Waals surface area contributed by atoms with Crippen molar-refractivity contribution in [3.05, 3.63) is 29.8 Å². The number of hydrogen-bond donors (Lipinski definition) is 1. The van der Waals surface area contributed by atoms with Crippen LogP contribution in [0.2, 0.25) is 0 Å². The van der Waals surface area contributed by atoms with Gasteiger partial charge in [-0.3, -0.25) is 0 Å². The highest BCUT2D eigenvalue weighted by Crippen LogP contribution is 2.27. The van der Waals surface area contributed by atoms with Crippen LogP contribution in [-0.4, -0.2) is 19.2 Å². The lowest BCUT2D eigenvalue weighted by Crippen LogP contribution is -2.34. The number of hydrogen-bond acceptors (Lipinski definition) is 2. The van der Waals surface area contributed by atoms with E-state index in [1.54, 1.807) is 0 Å². The SMILES string of the molecule is CC(C)COc1ccc(C(C)(C)CNC2CC2)cc1. The second-order valence-electron chi connectivity index (χ2n) is 6.77. The van der Waals surface area contributed by atoms with E-state index in [-0.39, 0.29) is 5.41 Å². The minimum atomic E-state index is 0.180. The van der Waals surface area contributed by atoms with Crippen LogP contribution >= 0.6 is 0 Å². The van der Waals surface area contributed by atoms with E-state index >= 15 is 0 Å². The molecule has 1 aromatic rings. The molecule has 0 aliphatic heterocycles. The molecule has 0 unspecified atom stereocenters. The van der Waals surface area contributed by atoms with Gasteiger partial charge in [0.2, 0.25) is 0 Å². The van der Waals surface area contributed by atoms with E-state index in [2.05, 4.69) is 57.3 Å². The summed E-state index contributed by atoms with van der Waals surface area (Å²) < 4.78 is 5.73. The molecular formula is C17H27NO. The lowest BCUT2D eigenvalue weighted by molar-refractivity contribution is 0.271. The Kier molecular flexibility index (Phi) is 4.51. The van der Waals surface area contributed by atoms with E-state index in [9.17, 15) is 0 Å². The van der Waals surface area contributed by atoms with Crippen LogP contribution in [0.15, 0.2) is 24.3 Å². The number of nitrogens with one attached hydrogen (secondary N) is 1. The summed E-state index contributed by atoms with van der Waals surface area (Å²) in [5.74, 6) is 1.54. The van der Waals surface area contributed by atoms with Gasteiger partial charge in [-0.1, -0.05) is 39.8 Å². The zero-order chi connectivity index (χ0) is 13.9. The fourth-order valence-electron chi connectivity index (χ4n) is 2.05. The van der Waals surface area contributed by atoms with Crippen LogP contribution in [-0.2, 0) is 5.41 Å². The molecule has 0 radical (unpaired) electrons. The first-order chi connectivity index (χ1) is 8.97. The third-order valence-corrected chi connectivity index (χ3v) is 3.63. The second-order valence-corrected chi connectivity index (χ2v) is 6.77. The van der Waals surface area contributed by atoms with Crippen molar-refractivity contribution in [3.63, 3.8) is 0 Å². The first-order valence-electron chi connectivity index (χ1n) is 7.44.